The Kier molecular flexibility index (Phi) is 4.94. The van der Waals surface area contributed by atoms with E-state index in [1.54, 1.807) is 12.1 Å². The van der Waals surface area contributed by atoms with Crippen LogP contribution in [0.25, 0.3) is 0 Å². The molecule has 0 fully saturated rings. The molecule has 0 saturated carbocycles. The average molecular weight is 310 g/mol. The van der Waals surface area contributed by atoms with E-state index in [2.05, 4.69) is 5.32 Å². The van der Waals surface area contributed by atoms with Gasteiger partial charge in [-0.05, 0) is 18.2 Å². The number of nitrogens with zero attached hydrogens (tertiary/aromatic N) is 1. The van der Waals surface area contributed by atoms with Gasteiger partial charge >= 0.3 is 0 Å². The van der Waals surface area contributed by atoms with Gasteiger partial charge in [0.2, 0.25) is 5.91 Å². The second-order valence-electron chi connectivity index (χ2n) is 4.04. The van der Waals surface area contributed by atoms with Crippen molar-refractivity contribution in [1.82, 2.24) is 0 Å². The van der Waals surface area contributed by atoms with E-state index in [1.807, 2.05) is 0 Å². The Balaban J connectivity index is 1.90. The molecule has 0 spiro atoms. The van der Waals surface area contributed by atoms with Gasteiger partial charge in [-0.2, -0.15) is 0 Å². The number of nitrogens with one attached hydrogen (secondary N) is 1. The summed E-state index contributed by atoms with van der Waals surface area (Å²) < 4.78 is 18.6. The zero-order chi connectivity index (χ0) is 15.2. The number of halogens is 1. The van der Waals surface area contributed by atoms with Crippen molar-refractivity contribution in [2.24, 2.45) is 0 Å². The predicted molar refractivity (Wildman–Crippen MR) is 76.6 cm³/mol. The highest BCUT2D eigenvalue weighted by atomic mass is 32.2. The molecule has 2 rings (SSSR count). The lowest BCUT2D eigenvalue weighted by molar-refractivity contribution is -0.384. The second kappa shape index (κ2) is 6.89. The highest BCUT2D eigenvalue weighted by Crippen LogP contribution is 2.21. The quantitative estimate of drug-likeness (QED) is 0.654. The summed E-state index contributed by atoms with van der Waals surface area (Å²) in [5.41, 5.74) is -0.484. The zero-order valence-electron chi connectivity index (χ0n) is 10.7. The van der Waals surface area contributed by atoms with Crippen molar-refractivity contribution in [2.75, 3.05) is 11.1 Å². The first-order valence-electron chi connectivity index (χ1n) is 5.90. The maximum Gasteiger partial charge on any atom is 0.271 e. The van der Waals surface area contributed by atoms with Crippen LogP contribution in [0.3, 0.4) is 0 Å². The van der Waals surface area contributed by atoms with Crippen molar-refractivity contribution in [1.29, 1.82) is 0 Å². The fraction of sp³-hybridized carbons (Fsp3) is 0.154. The molecule has 0 saturated heterocycles. The van der Waals surface area contributed by atoms with Gasteiger partial charge in [-0.3, -0.25) is 14.9 Å². The Morgan fingerprint density at radius 3 is 2.90 bits per heavy atom. The van der Waals surface area contributed by atoms with Crippen LogP contribution in [0.5, 0.6) is 0 Å². The SMILES string of the molecule is O=C(CSCc1ccco1)Nc1cc([N+](=O)[O-])ccc1F. The van der Waals surface area contributed by atoms with Gasteiger partial charge in [0.15, 0.2) is 0 Å². The largest absolute Gasteiger partial charge is 0.468 e. The topological polar surface area (TPSA) is 85.4 Å². The summed E-state index contributed by atoms with van der Waals surface area (Å²) in [6.07, 6.45) is 1.54. The standard InChI is InChI=1S/C13H11FN2O4S/c14-11-4-3-9(16(18)19)6-12(11)15-13(17)8-21-7-10-2-1-5-20-10/h1-6H,7-8H2,(H,15,17). The molecule has 8 heteroatoms. The van der Waals surface area contributed by atoms with Crippen molar-refractivity contribution in [3.8, 4) is 0 Å². The molecule has 0 unspecified atom stereocenters. The van der Waals surface area contributed by atoms with E-state index < -0.39 is 16.6 Å². The number of carbonyl (C=O) groups is 1. The number of hydrogen-bond acceptors (Lipinski definition) is 5. The van der Waals surface area contributed by atoms with Crippen molar-refractivity contribution < 1.29 is 18.5 Å². The van der Waals surface area contributed by atoms with E-state index in [0.717, 1.165) is 24.0 Å². The van der Waals surface area contributed by atoms with Gasteiger partial charge < -0.3 is 9.73 Å². The molecule has 0 aliphatic carbocycles. The van der Waals surface area contributed by atoms with Crippen molar-refractivity contribution in [2.45, 2.75) is 5.75 Å². The molecule has 6 nitrogen and oxygen atoms in total. The maximum absolute atomic E-state index is 13.5. The number of anilines is 1. The molecule has 0 aliphatic rings. The first-order chi connectivity index (χ1) is 10.1. The molecule has 1 amide bonds. The summed E-state index contributed by atoms with van der Waals surface area (Å²) >= 11 is 1.29. The zero-order valence-corrected chi connectivity index (χ0v) is 11.6. The number of rotatable bonds is 6. The lowest BCUT2D eigenvalue weighted by atomic mass is 10.2. The average Bonchev–Trinajstić information content (AvgIpc) is 2.94. The number of hydrogen-bond donors (Lipinski definition) is 1. The fourth-order valence-electron chi connectivity index (χ4n) is 1.55. The van der Waals surface area contributed by atoms with Crippen LogP contribution in [0.4, 0.5) is 15.8 Å². The third-order valence-electron chi connectivity index (χ3n) is 2.49. The first kappa shape index (κ1) is 15.0. The van der Waals surface area contributed by atoms with Crippen LogP contribution in [-0.2, 0) is 10.5 Å². The molecule has 1 aromatic carbocycles. The van der Waals surface area contributed by atoms with Gasteiger partial charge in [0.25, 0.3) is 5.69 Å². The summed E-state index contributed by atoms with van der Waals surface area (Å²) in [5.74, 6) is 0.172. The summed E-state index contributed by atoms with van der Waals surface area (Å²) in [5, 5.41) is 12.9. The molecular weight excluding hydrogens is 299 g/mol. The minimum Gasteiger partial charge on any atom is -0.468 e. The third kappa shape index (κ3) is 4.32. The Hall–Kier alpha value is -2.35. The molecule has 0 radical (unpaired) electrons. The number of nitro benzene ring substituents is 1. The highest BCUT2D eigenvalue weighted by molar-refractivity contribution is 7.99. The summed E-state index contributed by atoms with van der Waals surface area (Å²) in [6, 6.07) is 6.50. The summed E-state index contributed by atoms with van der Waals surface area (Å²) in [4.78, 5) is 21.6. The van der Waals surface area contributed by atoms with E-state index in [0.29, 0.717) is 5.75 Å². The normalized spacial score (nSPS) is 10.3. The van der Waals surface area contributed by atoms with Crippen LogP contribution in [0.2, 0.25) is 0 Å². The number of furan rings is 1. The molecule has 0 atom stereocenters. The van der Waals surface area contributed by atoms with Crippen LogP contribution in [-0.4, -0.2) is 16.6 Å². The van der Waals surface area contributed by atoms with Gasteiger partial charge in [-0.15, -0.1) is 11.8 Å². The molecular formula is C13H11FN2O4S. The second-order valence-corrected chi connectivity index (χ2v) is 5.03. The molecule has 1 heterocycles. The van der Waals surface area contributed by atoms with Crippen molar-refractivity contribution in [3.63, 3.8) is 0 Å². The fourth-order valence-corrected chi connectivity index (χ4v) is 2.27. The van der Waals surface area contributed by atoms with Gasteiger partial charge in [-0.1, -0.05) is 0 Å². The van der Waals surface area contributed by atoms with E-state index in [1.165, 1.54) is 18.0 Å². The molecule has 1 N–H and O–H groups in total. The minimum absolute atomic E-state index is 0.0861. The van der Waals surface area contributed by atoms with Crippen LogP contribution in [0.15, 0.2) is 41.0 Å². The molecule has 110 valence electrons. The van der Waals surface area contributed by atoms with Crippen molar-refractivity contribution in [3.05, 3.63) is 58.3 Å². The number of benzene rings is 1. The first-order valence-corrected chi connectivity index (χ1v) is 7.05. The molecule has 21 heavy (non-hydrogen) atoms. The number of non-ortho nitro benzene ring substituents is 1. The van der Waals surface area contributed by atoms with Gasteiger partial charge in [0, 0.05) is 12.1 Å². The third-order valence-corrected chi connectivity index (χ3v) is 3.45. The lowest BCUT2D eigenvalue weighted by Gasteiger charge is -2.05. The predicted octanol–water partition coefficient (Wildman–Crippen LogP) is 3.20. The summed E-state index contributed by atoms with van der Waals surface area (Å²) in [6.45, 7) is 0. The molecule has 2 aromatic rings. The monoisotopic (exact) mass is 310 g/mol. The number of nitro groups is 1. The molecule has 0 bridgehead atoms. The van der Waals surface area contributed by atoms with Gasteiger partial charge in [0.1, 0.15) is 11.6 Å². The van der Waals surface area contributed by atoms with Crippen molar-refractivity contribution >= 4 is 29.0 Å². The van der Waals surface area contributed by atoms with Crippen LogP contribution in [0, 0.1) is 15.9 Å². The van der Waals surface area contributed by atoms with E-state index >= 15 is 0 Å². The van der Waals surface area contributed by atoms with Crippen LogP contribution in [0.1, 0.15) is 5.76 Å². The van der Waals surface area contributed by atoms with Crippen LogP contribution < -0.4 is 5.32 Å². The van der Waals surface area contributed by atoms with Crippen LogP contribution >= 0.6 is 11.8 Å². The number of carbonyl (C=O) groups excluding carboxylic acids is 1. The van der Waals surface area contributed by atoms with E-state index in [4.69, 9.17) is 4.42 Å². The van der Waals surface area contributed by atoms with Gasteiger partial charge in [0.05, 0.1) is 28.4 Å². The Bertz CT molecular complexity index is 646. The smallest absolute Gasteiger partial charge is 0.271 e. The summed E-state index contributed by atoms with van der Waals surface area (Å²) in [7, 11) is 0. The Morgan fingerprint density at radius 1 is 1.43 bits per heavy atom. The Morgan fingerprint density at radius 2 is 2.24 bits per heavy atom. The van der Waals surface area contributed by atoms with Gasteiger partial charge in [-0.25, -0.2) is 4.39 Å². The minimum atomic E-state index is -0.718. The van der Waals surface area contributed by atoms with E-state index in [-0.39, 0.29) is 17.1 Å². The molecule has 0 aliphatic heterocycles. The number of amides is 1. The molecule has 1 aromatic heterocycles. The maximum atomic E-state index is 13.5. The Labute approximate surface area is 123 Å². The lowest BCUT2D eigenvalue weighted by Crippen LogP contribution is -2.15. The number of thioether (sulfide) groups is 1. The van der Waals surface area contributed by atoms with E-state index in [9.17, 15) is 19.3 Å². The highest BCUT2D eigenvalue weighted by Gasteiger charge is 2.13.